The number of pyridine rings is 1. The fraction of sp³-hybridized carbons (Fsp3) is 0.0833. The smallest absolute Gasteiger partial charge is 0.140 e. The van der Waals surface area contributed by atoms with Crippen LogP contribution in [0.1, 0.15) is 5.69 Å². The van der Waals surface area contributed by atoms with Crippen LogP contribution in [0, 0.1) is 0 Å². The number of aromatic nitrogens is 1. The van der Waals surface area contributed by atoms with Gasteiger partial charge in [-0.2, -0.15) is 0 Å². The first-order valence-corrected chi connectivity index (χ1v) is 6.10. The lowest BCUT2D eigenvalue weighted by Crippen LogP contribution is -1.91. The number of halogens is 3. The van der Waals surface area contributed by atoms with Crippen molar-refractivity contribution in [1.29, 1.82) is 0 Å². The van der Waals surface area contributed by atoms with Gasteiger partial charge in [0.05, 0.1) is 16.7 Å². The topological polar surface area (TPSA) is 53.4 Å². The van der Waals surface area contributed by atoms with Crippen molar-refractivity contribution >= 4 is 34.8 Å². The number of rotatable bonds is 2. The monoisotopic (exact) mass is 303 g/mol. The number of nitrogens with zero attached hydrogens (tertiary/aromatic N) is 1. The fourth-order valence-electron chi connectivity index (χ4n) is 1.56. The predicted octanol–water partition coefficient (Wildman–Crippen LogP) is 3.91. The zero-order valence-corrected chi connectivity index (χ0v) is 11.3. The molecule has 0 aliphatic rings. The molecule has 18 heavy (non-hydrogen) atoms. The first kappa shape index (κ1) is 13.4. The van der Waals surface area contributed by atoms with E-state index in [1.54, 1.807) is 12.1 Å². The Kier molecular flexibility index (Phi) is 3.97. The molecule has 0 amide bonds. The summed E-state index contributed by atoms with van der Waals surface area (Å²) in [6.07, 6.45) is 1.48. The molecular weight excluding hydrogens is 296 g/mol. The number of aromatic hydroxyl groups is 1. The van der Waals surface area contributed by atoms with Crippen LogP contribution < -0.4 is 0 Å². The van der Waals surface area contributed by atoms with Crippen molar-refractivity contribution < 1.29 is 10.2 Å². The van der Waals surface area contributed by atoms with E-state index in [1.807, 2.05) is 0 Å². The van der Waals surface area contributed by atoms with Gasteiger partial charge in [0.25, 0.3) is 0 Å². The summed E-state index contributed by atoms with van der Waals surface area (Å²) in [6, 6.07) is 4.56. The Hall–Kier alpha value is -1.00. The molecule has 0 aliphatic carbocycles. The van der Waals surface area contributed by atoms with E-state index in [0.29, 0.717) is 26.2 Å². The molecular formula is C12H8Cl3NO2. The molecule has 0 spiro atoms. The molecule has 2 aromatic rings. The van der Waals surface area contributed by atoms with Gasteiger partial charge in [0, 0.05) is 22.3 Å². The lowest BCUT2D eigenvalue weighted by atomic mass is 10.1. The average molecular weight is 305 g/mol. The van der Waals surface area contributed by atoms with Crippen molar-refractivity contribution in [2.75, 3.05) is 0 Å². The zero-order valence-electron chi connectivity index (χ0n) is 8.99. The molecule has 0 fully saturated rings. The molecule has 0 saturated heterocycles. The van der Waals surface area contributed by atoms with E-state index in [9.17, 15) is 5.11 Å². The van der Waals surface area contributed by atoms with Crippen LogP contribution in [-0.2, 0) is 6.61 Å². The molecule has 0 saturated carbocycles. The van der Waals surface area contributed by atoms with Crippen LogP contribution >= 0.6 is 34.8 Å². The quantitative estimate of drug-likeness (QED) is 0.884. The van der Waals surface area contributed by atoms with Gasteiger partial charge in [-0.15, -0.1) is 0 Å². The van der Waals surface area contributed by atoms with Crippen LogP contribution in [0.5, 0.6) is 5.75 Å². The van der Waals surface area contributed by atoms with E-state index in [0.717, 1.165) is 0 Å². The minimum atomic E-state index is -0.339. The van der Waals surface area contributed by atoms with E-state index in [-0.39, 0.29) is 18.1 Å². The average Bonchev–Trinajstić information content (AvgIpc) is 2.27. The molecule has 0 bridgehead atoms. The summed E-state index contributed by atoms with van der Waals surface area (Å²) in [7, 11) is 0. The number of aliphatic hydroxyl groups is 1. The third-order valence-electron chi connectivity index (χ3n) is 2.39. The number of hydrogen-bond acceptors (Lipinski definition) is 3. The largest absolute Gasteiger partial charge is 0.506 e. The van der Waals surface area contributed by atoms with E-state index in [1.165, 1.54) is 12.3 Å². The number of benzene rings is 1. The number of aliphatic hydroxyl groups excluding tert-OH is 1. The van der Waals surface area contributed by atoms with Crippen molar-refractivity contribution in [2.24, 2.45) is 0 Å². The molecule has 94 valence electrons. The summed E-state index contributed by atoms with van der Waals surface area (Å²) in [4.78, 5) is 3.93. The number of hydrogen-bond donors (Lipinski definition) is 2. The zero-order chi connectivity index (χ0) is 13.3. The van der Waals surface area contributed by atoms with Crippen LogP contribution in [0.4, 0.5) is 0 Å². The summed E-state index contributed by atoms with van der Waals surface area (Å²) >= 11 is 18.0. The third-order valence-corrected chi connectivity index (χ3v) is 3.21. The first-order chi connectivity index (χ1) is 8.52. The van der Waals surface area contributed by atoms with Gasteiger partial charge in [0.1, 0.15) is 11.4 Å². The second-order valence-electron chi connectivity index (χ2n) is 3.59. The van der Waals surface area contributed by atoms with Crippen LogP contribution in [0.25, 0.3) is 11.1 Å². The van der Waals surface area contributed by atoms with Crippen molar-refractivity contribution in [3.63, 3.8) is 0 Å². The van der Waals surface area contributed by atoms with Gasteiger partial charge >= 0.3 is 0 Å². The standard InChI is InChI=1S/C12H8Cl3NO2/c13-7-2-8(14)12(9(15)3-7)6-1-11(18)10(5-17)16-4-6/h1-4,17-18H,5H2. The van der Waals surface area contributed by atoms with Gasteiger partial charge in [-0.1, -0.05) is 34.8 Å². The van der Waals surface area contributed by atoms with Gasteiger partial charge in [-0.25, -0.2) is 0 Å². The van der Waals surface area contributed by atoms with Crippen molar-refractivity contribution in [3.8, 4) is 16.9 Å². The highest BCUT2D eigenvalue weighted by Crippen LogP contribution is 2.38. The Morgan fingerprint density at radius 3 is 2.17 bits per heavy atom. The Labute approximate surface area is 119 Å². The van der Waals surface area contributed by atoms with Crippen molar-refractivity contribution in [1.82, 2.24) is 4.98 Å². The highest BCUT2D eigenvalue weighted by Gasteiger charge is 2.12. The lowest BCUT2D eigenvalue weighted by molar-refractivity contribution is 0.270. The highest BCUT2D eigenvalue weighted by atomic mass is 35.5. The lowest BCUT2D eigenvalue weighted by Gasteiger charge is -2.09. The van der Waals surface area contributed by atoms with Crippen molar-refractivity contribution in [2.45, 2.75) is 6.61 Å². The van der Waals surface area contributed by atoms with Crippen LogP contribution in [0.3, 0.4) is 0 Å². The predicted molar refractivity (Wildman–Crippen MR) is 72.3 cm³/mol. The summed E-state index contributed by atoms with van der Waals surface area (Å²) < 4.78 is 0. The molecule has 2 rings (SSSR count). The van der Waals surface area contributed by atoms with Gasteiger partial charge in [-0.3, -0.25) is 4.98 Å². The van der Waals surface area contributed by atoms with Gasteiger partial charge in [-0.05, 0) is 18.2 Å². The molecule has 1 heterocycles. The molecule has 6 heteroatoms. The molecule has 2 N–H and O–H groups in total. The summed E-state index contributed by atoms with van der Waals surface area (Å²) in [6.45, 7) is -0.339. The molecule has 0 unspecified atom stereocenters. The summed E-state index contributed by atoms with van der Waals surface area (Å²) in [5.41, 5.74) is 1.28. The molecule has 0 aliphatic heterocycles. The normalized spacial score (nSPS) is 10.7. The minimum Gasteiger partial charge on any atom is -0.506 e. The van der Waals surface area contributed by atoms with E-state index < -0.39 is 0 Å². The van der Waals surface area contributed by atoms with Crippen molar-refractivity contribution in [3.05, 3.63) is 45.2 Å². The van der Waals surface area contributed by atoms with Crippen LogP contribution in [0.15, 0.2) is 24.4 Å². The molecule has 1 aromatic carbocycles. The summed E-state index contributed by atoms with van der Waals surface area (Å²) in [5, 5.41) is 19.7. The second kappa shape index (κ2) is 5.33. The maximum absolute atomic E-state index is 9.65. The van der Waals surface area contributed by atoms with Crippen LogP contribution in [0.2, 0.25) is 15.1 Å². The SMILES string of the molecule is OCc1ncc(-c2c(Cl)cc(Cl)cc2Cl)cc1O. The van der Waals surface area contributed by atoms with Crippen LogP contribution in [-0.4, -0.2) is 15.2 Å². The van der Waals surface area contributed by atoms with Gasteiger partial charge < -0.3 is 10.2 Å². The molecule has 0 atom stereocenters. The first-order valence-electron chi connectivity index (χ1n) is 4.96. The Balaban J connectivity index is 2.59. The highest BCUT2D eigenvalue weighted by molar-refractivity contribution is 6.41. The van der Waals surface area contributed by atoms with Gasteiger partial charge in [0.15, 0.2) is 0 Å². The van der Waals surface area contributed by atoms with E-state index in [4.69, 9.17) is 39.9 Å². The van der Waals surface area contributed by atoms with E-state index in [2.05, 4.69) is 4.98 Å². The maximum atomic E-state index is 9.65. The third kappa shape index (κ3) is 2.54. The minimum absolute atomic E-state index is 0.114. The summed E-state index contributed by atoms with van der Waals surface area (Å²) in [5.74, 6) is -0.114. The molecule has 1 aromatic heterocycles. The molecule has 3 nitrogen and oxygen atoms in total. The van der Waals surface area contributed by atoms with Gasteiger partial charge in [0.2, 0.25) is 0 Å². The maximum Gasteiger partial charge on any atom is 0.140 e. The molecule has 0 radical (unpaired) electrons. The fourth-order valence-corrected chi connectivity index (χ4v) is 2.59. The van der Waals surface area contributed by atoms with E-state index >= 15 is 0 Å². The Morgan fingerprint density at radius 1 is 1.06 bits per heavy atom. The second-order valence-corrected chi connectivity index (χ2v) is 4.84. The Morgan fingerprint density at radius 2 is 1.67 bits per heavy atom. The Bertz CT molecular complexity index is 579.